The van der Waals surface area contributed by atoms with E-state index in [4.69, 9.17) is 5.11 Å². The molecule has 2 aromatic rings. The van der Waals surface area contributed by atoms with Crippen LogP contribution in [0.5, 0.6) is 0 Å². The van der Waals surface area contributed by atoms with Crippen LogP contribution in [0.3, 0.4) is 0 Å². The van der Waals surface area contributed by atoms with Gasteiger partial charge in [0.2, 0.25) is 5.91 Å². The Balaban J connectivity index is 1.55. The van der Waals surface area contributed by atoms with Gasteiger partial charge in [-0.3, -0.25) is 9.48 Å². The van der Waals surface area contributed by atoms with Crippen molar-refractivity contribution in [1.82, 2.24) is 14.7 Å². The zero-order chi connectivity index (χ0) is 19.6. The van der Waals surface area contributed by atoms with Gasteiger partial charge in [0, 0.05) is 19.5 Å². The van der Waals surface area contributed by atoms with E-state index in [1.165, 1.54) is 18.3 Å². The smallest absolute Gasteiger partial charge is 0.339 e. The number of benzene rings is 1. The van der Waals surface area contributed by atoms with Crippen molar-refractivity contribution in [2.75, 3.05) is 13.1 Å². The van der Waals surface area contributed by atoms with Crippen molar-refractivity contribution in [2.24, 2.45) is 0 Å². The lowest BCUT2D eigenvalue weighted by molar-refractivity contribution is -0.132. The standard InChI is InChI=1S/C19H21F2N3O3/c1-12-15(19(26)27)11-22-24(12)14-7-9-23(10-8-14)17(25)6-5-13-3-2-4-16(20)18(13)21/h2-4,11,14H,5-10H2,1H3,(H,26,27). The second-order valence-corrected chi connectivity index (χ2v) is 6.72. The molecule has 1 aliphatic rings. The number of nitrogens with zero attached hydrogens (tertiary/aromatic N) is 3. The molecule has 1 aromatic heterocycles. The topological polar surface area (TPSA) is 75.4 Å². The van der Waals surface area contributed by atoms with Crippen molar-refractivity contribution < 1.29 is 23.5 Å². The van der Waals surface area contributed by atoms with Gasteiger partial charge in [-0.25, -0.2) is 13.6 Å². The third kappa shape index (κ3) is 3.99. The predicted octanol–water partition coefficient (Wildman–Crippen LogP) is 2.96. The van der Waals surface area contributed by atoms with E-state index < -0.39 is 17.6 Å². The second-order valence-electron chi connectivity index (χ2n) is 6.72. The lowest BCUT2D eigenvalue weighted by atomic mass is 10.0. The van der Waals surface area contributed by atoms with Crippen molar-refractivity contribution in [1.29, 1.82) is 0 Å². The SMILES string of the molecule is Cc1c(C(=O)O)cnn1C1CCN(C(=O)CCc2cccc(F)c2F)CC1. The molecule has 2 heterocycles. The molecule has 1 saturated heterocycles. The number of rotatable bonds is 5. The zero-order valence-electron chi connectivity index (χ0n) is 15.0. The van der Waals surface area contributed by atoms with Crippen molar-refractivity contribution >= 4 is 11.9 Å². The summed E-state index contributed by atoms with van der Waals surface area (Å²) in [6, 6.07) is 4.01. The first kappa shape index (κ1) is 19.0. The van der Waals surface area contributed by atoms with Crippen LogP contribution >= 0.6 is 0 Å². The normalized spacial score (nSPS) is 15.1. The van der Waals surface area contributed by atoms with Gasteiger partial charge in [0.15, 0.2) is 11.6 Å². The Hall–Kier alpha value is -2.77. The first-order chi connectivity index (χ1) is 12.9. The first-order valence-corrected chi connectivity index (χ1v) is 8.86. The number of piperidine rings is 1. The van der Waals surface area contributed by atoms with Gasteiger partial charge >= 0.3 is 5.97 Å². The Bertz CT molecular complexity index is 858. The van der Waals surface area contributed by atoms with Crippen LogP contribution in [0.15, 0.2) is 24.4 Å². The fourth-order valence-electron chi connectivity index (χ4n) is 3.50. The van der Waals surface area contributed by atoms with Crippen LogP contribution in [0.4, 0.5) is 8.78 Å². The van der Waals surface area contributed by atoms with Crippen LogP contribution in [-0.2, 0) is 11.2 Å². The van der Waals surface area contributed by atoms with Crippen LogP contribution in [-0.4, -0.2) is 44.8 Å². The minimum atomic E-state index is -1.00. The van der Waals surface area contributed by atoms with E-state index in [2.05, 4.69) is 5.10 Å². The maximum atomic E-state index is 13.7. The summed E-state index contributed by atoms with van der Waals surface area (Å²) in [7, 11) is 0. The van der Waals surface area contributed by atoms with Gasteiger partial charge in [0.05, 0.1) is 17.9 Å². The molecule has 1 fully saturated rings. The molecule has 144 valence electrons. The summed E-state index contributed by atoms with van der Waals surface area (Å²) in [5.74, 6) is -2.90. The lowest BCUT2D eigenvalue weighted by Crippen LogP contribution is -2.39. The summed E-state index contributed by atoms with van der Waals surface area (Å²) in [6.45, 7) is 2.77. The van der Waals surface area contributed by atoms with Crippen LogP contribution < -0.4 is 0 Å². The molecule has 0 saturated carbocycles. The number of hydrogen-bond acceptors (Lipinski definition) is 3. The third-order valence-corrected chi connectivity index (χ3v) is 5.08. The molecule has 0 bridgehead atoms. The van der Waals surface area contributed by atoms with Crippen molar-refractivity contribution in [2.45, 2.75) is 38.6 Å². The number of carbonyl (C=O) groups is 2. The van der Waals surface area contributed by atoms with Crippen LogP contribution in [0, 0.1) is 18.6 Å². The quantitative estimate of drug-likeness (QED) is 0.869. The number of aryl methyl sites for hydroxylation is 1. The highest BCUT2D eigenvalue weighted by Gasteiger charge is 2.26. The van der Waals surface area contributed by atoms with E-state index in [0.29, 0.717) is 31.6 Å². The maximum Gasteiger partial charge on any atom is 0.339 e. The summed E-state index contributed by atoms with van der Waals surface area (Å²) >= 11 is 0. The molecule has 0 spiro atoms. The first-order valence-electron chi connectivity index (χ1n) is 8.86. The van der Waals surface area contributed by atoms with Gasteiger partial charge in [0.25, 0.3) is 0 Å². The van der Waals surface area contributed by atoms with E-state index in [9.17, 15) is 18.4 Å². The molecule has 0 aliphatic carbocycles. The summed E-state index contributed by atoms with van der Waals surface area (Å²) in [5, 5.41) is 13.3. The van der Waals surface area contributed by atoms with E-state index in [1.807, 2.05) is 0 Å². The molecule has 3 rings (SSSR count). The Morgan fingerprint density at radius 1 is 1.26 bits per heavy atom. The molecular formula is C19H21F2N3O3. The molecule has 6 nitrogen and oxygen atoms in total. The summed E-state index contributed by atoms with van der Waals surface area (Å²) in [4.78, 5) is 25.2. The lowest BCUT2D eigenvalue weighted by Gasteiger charge is -2.32. The fourth-order valence-corrected chi connectivity index (χ4v) is 3.50. The molecular weight excluding hydrogens is 356 g/mol. The van der Waals surface area contributed by atoms with Crippen LogP contribution in [0.2, 0.25) is 0 Å². The Morgan fingerprint density at radius 2 is 1.96 bits per heavy atom. The minimum absolute atomic E-state index is 0.0443. The summed E-state index contributed by atoms with van der Waals surface area (Å²) in [6.07, 6.45) is 2.96. The van der Waals surface area contributed by atoms with Gasteiger partial charge < -0.3 is 10.0 Å². The molecule has 8 heteroatoms. The average molecular weight is 377 g/mol. The van der Waals surface area contributed by atoms with Gasteiger partial charge in [-0.15, -0.1) is 0 Å². The van der Waals surface area contributed by atoms with E-state index in [1.54, 1.807) is 16.5 Å². The highest BCUT2D eigenvalue weighted by Crippen LogP contribution is 2.25. The molecule has 27 heavy (non-hydrogen) atoms. The number of halogens is 2. The molecule has 0 atom stereocenters. The molecule has 1 amide bonds. The number of aromatic carboxylic acids is 1. The van der Waals surface area contributed by atoms with Gasteiger partial charge in [-0.2, -0.15) is 5.10 Å². The number of carboxylic acid groups (broad SMARTS) is 1. The van der Waals surface area contributed by atoms with E-state index >= 15 is 0 Å². The van der Waals surface area contributed by atoms with Crippen LogP contribution in [0.25, 0.3) is 0 Å². The molecule has 0 radical (unpaired) electrons. The Morgan fingerprint density at radius 3 is 2.59 bits per heavy atom. The van der Waals surface area contributed by atoms with Crippen molar-refractivity contribution in [3.8, 4) is 0 Å². The third-order valence-electron chi connectivity index (χ3n) is 5.08. The Kier molecular flexibility index (Phi) is 5.53. The number of amides is 1. The number of carboxylic acids is 1. The molecule has 1 aromatic carbocycles. The maximum absolute atomic E-state index is 13.7. The van der Waals surface area contributed by atoms with Crippen molar-refractivity contribution in [3.63, 3.8) is 0 Å². The second kappa shape index (κ2) is 7.85. The number of carbonyl (C=O) groups excluding carboxylic acids is 1. The highest BCUT2D eigenvalue weighted by molar-refractivity contribution is 5.88. The summed E-state index contributed by atoms with van der Waals surface area (Å²) < 4.78 is 28.6. The molecule has 1 N–H and O–H groups in total. The van der Waals surface area contributed by atoms with Crippen LogP contribution in [0.1, 0.15) is 46.9 Å². The van der Waals surface area contributed by atoms with Gasteiger partial charge in [-0.1, -0.05) is 12.1 Å². The number of aromatic nitrogens is 2. The minimum Gasteiger partial charge on any atom is -0.478 e. The van der Waals surface area contributed by atoms with Crippen molar-refractivity contribution in [3.05, 3.63) is 52.9 Å². The Labute approximate surface area is 155 Å². The van der Waals surface area contributed by atoms with E-state index in [0.717, 1.165) is 6.07 Å². The number of hydrogen-bond donors (Lipinski definition) is 1. The monoisotopic (exact) mass is 377 g/mol. The van der Waals surface area contributed by atoms with E-state index in [-0.39, 0.29) is 35.9 Å². The van der Waals surface area contributed by atoms with Gasteiger partial charge in [0.1, 0.15) is 5.56 Å². The fraction of sp³-hybridized carbons (Fsp3) is 0.421. The highest BCUT2D eigenvalue weighted by atomic mass is 19.2. The largest absolute Gasteiger partial charge is 0.478 e. The molecule has 1 aliphatic heterocycles. The predicted molar refractivity (Wildman–Crippen MR) is 93.5 cm³/mol. The average Bonchev–Trinajstić information content (AvgIpc) is 3.04. The molecule has 0 unspecified atom stereocenters. The zero-order valence-corrected chi connectivity index (χ0v) is 15.0. The van der Waals surface area contributed by atoms with Gasteiger partial charge in [-0.05, 0) is 37.8 Å². The number of likely N-dealkylation sites (tertiary alicyclic amines) is 1. The summed E-state index contributed by atoms with van der Waals surface area (Å²) in [5.41, 5.74) is 0.992.